The van der Waals surface area contributed by atoms with Crippen molar-refractivity contribution < 1.29 is 19.0 Å². The summed E-state index contributed by atoms with van der Waals surface area (Å²) >= 11 is 0. The van der Waals surface area contributed by atoms with Crippen LogP contribution in [0.1, 0.15) is 60.5 Å². The van der Waals surface area contributed by atoms with E-state index in [1.54, 1.807) is 6.07 Å². The molecule has 0 radical (unpaired) electrons. The predicted molar refractivity (Wildman–Crippen MR) is 127 cm³/mol. The van der Waals surface area contributed by atoms with Crippen LogP contribution in [0.5, 0.6) is 5.75 Å². The molecule has 3 aromatic rings. The second kappa shape index (κ2) is 8.66. The molecule has 1 fully saturated rings. The zero-order chi connectivity index (χ0) is 23.1. The number of carboxylic acids is 1. The molecule has 0 saturated heterocycles. The van der Waals surface area contributed by atoms with E-state index in [0.29, 0.717) is 11.5 Å². The summed E-state index contributed by atoms with van der Waals surface area (Å²) in [5.41, 5.74) is 5.80. The van der Waals surface area contributed by atoms with Crippen LogP contribution in [0.15, 0.2) is 60.7 Å². The van der Waals surface area contributed by atoms with Crippen LogP contribution < -0.4 is 4.74 Å². The lowest BCUT2D eigenvalue weighted by Gasteiger charge is -2.29. The highest BCUT2D eigenvalue weighted by molar-refractivity contribution is 5.71. The van der Waals surface area contributed by atoms with E-state index in [0.717, 1.165) is 53.7 Å². The first kappa shape index (κ1) is 21.7. The molecular weight excluding hydrogens is 415 g/mol. The summed E-state index contributed by atoms with van der Waals surface area (Å²) in [7, 11) is 0. The molecule has 0 aromatic heterocycles. The second-order valence-electron chi connectivity index (χ2n) is 9.61. The van der Waals surface area contributed by atoms with Crippen molar-refractivity contribution in [1.82, 2.24) is 0 Å². The van der Waals surface area contributed by atoms with Crippen molar-refractivity contribution in [1.29, 1.82) is 0 Å². The van der Waals surface area contributed by atoms with Gasteiger partial charge >= 0.3 is 5.97 Å². The largest absolute Gasteiger partial charge is 0.485 e. The van der Waals surface area contributed by atoms with E-state index in [1.807, 2.05) is 44.2 Å². The molecule has 3 atom stereocenters. The van der Waals surface area contributed by atoms with Gasteiger partial charge in [-0.3, -0.25) is 4.79 Å². The van der Waals surface area contributed by atoms with Crippen LogP contribution in [0.3, 0.4) is 0 Å². The van der Waals surface area contributed by atoms with Gasteiger partial charge < -0.3 is 9.84 Å². The van der Waals surface area contributed by atoms with Gasteiger partial charge in [0.15, 0.2) is 0 Å². The third-order valence-electron chi connectivity index (χ3n) is 7.19. The average Bonchev–Trinajstić information content (AvgIpc) is 3.65. The highest BCUT2D eigenvalue weighted by atomic mass is 19.1. The molecule has 1 aliphatic carbocycles. The van der Waals surface area contributed by atoms with Crippen molar-refractivity contribution in [3.05, 3.63) is 88.7 Å². The van der Waals surface area contributed by atoms with Gasteiger partial charge in [-0.15, -0.1) is 0 Å². The number of aliphatic carboxylic acids is 1. The van der Waals surface area contributed by atoms with Crippen molar-refractivity contribution in [3.63, 3.8) is 0 Å². The minimum absolute atomic E-state index is 0.0280. The molecule has 3 aromatic carbocycles. The predicted octanol–water partition coefficient (Wildman–Crippen LogP) is 7.08. The van der Waals surface area contributed by atoms with Gasteiger partial charge in [-0.05, 0) is 84.9 Å². The monoisotopic (exact) mass is 444 g/mol. The van der Waals surface area contributed by atoms with Gasteiger partial charge in [-0.2, -0.15) is 0 Å². The fourth-order valence-electron chi connectivity index (χ4n) is 5.14. The van der Waals surface area contributed by atoms with Crippen LogP contribution in [0.4, 0.5) is 4.39 Å². The van der Waals surface area contributed by atoms with E-state index < -0.39 is 11.9 Å². The van der Waals surface area contributed by atoms with Crippen molar-refractivity contribution in [2.45, 2.75) is 51.6 Å². The van der Waals surface area contributed by atoms with Gasteiger partial charge in [-0.1, -0.05) is 55.0 Å². The number of carbonyl (C=O) groups is 1. The quantitative estimate of drug-likeness (QED) is 0.442. The molecule has 2 aliphatic rings. The lowest BCUT2D eigenvalue weighted by atomic mass is 9.82. The number of aryl methyl sites for hydroxylation is 2. The fraction of sp³-hybridized carbons (Fsp3) is 0.345. The highest BCUT2D eigenvalue weighted by Crippen LogP contribution is 2.48. The molecule has 170 valence electrons. The Labute approximate surface area is 194 Å². The van der Waals surface area contributed by atoms with E-state index in [4.69, 9.17) is 4.74 Å². The first-order valence-electron chi connectivity index (χ1n) is 11.8. The van der Waals surface area contributed by atoms with Gasteiger partial charge in [0.25, 0.3) is 0 Å². The average molecular weight is 445 g/mol. The molecule has 4 heteroatoms. The summed E-state index contributed by atoms with van der Waals surface area (Å²) in [6.45, 7) is 3.77. The Morgan fingerprint density at radius 3 is 2.48 bits per heavy atom. The molecule has 0 amide bonds. The molecule has 2 unspecified atom stereocenters. The summed E-state index contributed by atoms with van der Waals surface area (Å²) in [6.07, 6.45) is 3.91. The molecular formula is C29H29FO3. The summed E-state index contributed by atoms with van der Waals surface area (Å²) in [6, 6.07) is 19.4. The Morgan fingerprint density at radius 1 is 1.03 bits per heavy atom. The molecule has 1 heterocycles. The standard InChI is InChI=1S/C29H29FO3/c1-17-3-13-25(30)24(15-17)19-4-6-20(7-5-19)26-14-12-21-8-11-23(16-27(21)33-26)28(22-9-10-22)18(2)29(31)32/h3-8,11,13,15-16,18,22,26,28H,9-10,12,14H2,1-2H3,(H,31,32)/t18?,26?,28-/m0/s1. The first-order chi connectivity index (χ1) is 15.9. The minimum Gasteiger partial charge on any atom is -0.485 e. The zero-order valence-corrected chi connectivity index (χ0v) is 19.1. The fourth-order valence-corrected chi connectivity index (χ4v) is 5.14. The summed E-state index contributed by atoms with van der Waals surface area (Å²) in [4.78, 5) is 11.7. The van der Waals surface area contributed by atoms with Crippen LogP contribution in [-0.4, -0.2) is 11.1 Å². The van der Waals surface area contributed by atoms with Gasteiger partial charge in [0.05, 0.1) is 5.92 Å². The molecule has 3 nitrogen and oxygen atoms in total. The molecule has 33 heavy (non-hydrogen) atoms. The highest BCUT2D eigenvalue weighted by Gasteiger charge is 2.39. The Balaban J connectivity index is 1.38. The number of fused-ring (bicyclic) bond motifs is 1. The zero-order valence-electron chi connectivity index (χ0n) is 19.1. The maximum atomic E-state index is 14.3. The van der Waals surface area contributed by atoms with Gasteiger partial charge in [0.2, 0.25) is 0 Å². The topological polar surface area (TPSA) is 46.5 Å². The molecule has 5 rings (SSSR count). The lowest BCUT2D eigenvalue weighted by molar-refractivity contribution is -0.142. The molecule has 0 bridgehead atoms. The third kappa shape index (κ3) is 4.39. The van der Waals surface area contributed by atoms with Crippen molar-refractivity contribution in [2.75, 3.05) is 0 Å². The Bertz CT molecular complexity index is 1180. The smallest absolute Gasteiger partial charge is 0.306 e. The minimum atomic E-state index is -0.742. The number of carboxylic acid groups (broad SMARTS) is 1. The third-order valence-corrected chi connectivity index (χ3v) is 7.19. The number of ether oxygens (including phenoxy) is 1. The lowest BCUT2D eigenvalue weighted by Crippen LogP contribution is -2.21. The summed E-state index contributed by atoms with van der Waals surface area (Å²) in [5.74, 6) is -0.0354. The molecule has 1 saturated carbocycles. The molecule has 0 spiro atoms. The summed E-state index contributed by atoms with van der Waals surface area (Å²) < 4.78 is 20.7. The van der Waals surface area contributed by atoms with Crippen LogP contribution in [0, 0.1) is 24.6 Å². The van der Waals surface area contributed by atoms with Crippen LogP contribution in [0.2, 0.25) is 0 Å². The van der Waals surface area contributed by atoms with Crippen molar-refractivity contribution in [3.8, 4) is 16.9 Å². The van der Waals surface area contributed by atoms with Crippen LogP contribution in [0.25, 0.3) is 11.1 Å². The Hall–Kier alpha value is -3.14. The van der Waals surface area contributed by atoms with Crippen molar-refractivity contribution in [2.24, 2.45) is 11.8 Å². The van der Waals surface area contributed by atoms with E-state index in [9.17, 15) is 14.3 Å². The van der Waals surface area contributed by atoms with Gasteiger partial charge in [0.1, 0.15) is 17.7 Å². The Morgan fingerprint density at radius 2 is 1.79 bits per heavy atom. The number of rotatable bonds is 6. The van der Waals surface area contributed by atoms with Crippen LogP contribution in [-0.2, 0) is 11.2 Å². The number of hydrogen-bond donors (Lipinski definition) is 1. The number of hydrogen-bond acceptors (Lipinski definition) is 2. The molecule has 1 aliphatic heterocycles. The van der Waals surface area contributed by atoms with E-state index in [-0.39, 0.29) is 17.8 Å². The normalized spacial score (nSPS) is 19.3. The summed E-state index contributed by atoms with van der Waals surface area (Å²) in [5, 5.41) is 9.60. The number of halogens is 1. The maximum Gasteiger partial charge on any atom is 0.306 e. The SMILES string of the molecule is Cc1ccc(F)c(-c2ccc(C3CCc4ccc([C@H](C5CC5)C(C)C(=O)O)cc4O3)cc2)c1. The van der Waals surface area contributed by atoms with Gasteiger partial charge in [0, 0.05) is 5.56 Å². The van der Waals surface area contributed by atoms with E-state index >= 15 is 0 Å². The second-order valence-corrected chi connectivity index (χ2v) is 9.61. The van der Waals surface area contributed by atoms with E-state index in [2.05, 4.69) is 18.2 Å². The van der Waals surface area contributed by atoms with Gasteiger partial charge in [-0.25, -0.2) is 4.39 Å². The first-order valence-corrected chi connectivity index (χ1v) is 11.8. The van der Waals surface area contributed by atoms with E-state index in [1.165, 1.54) is 11.6 Å². The Kier molecular flexibility index (Phi) is 5.69. The number of benzene rings is 3. The molecule has 1 N–H and O–H groups in total. The van der Waals surface area contributed by atoms with Crippen molar-refractivity contribution >= 4 is 5.97 Å². The maximum absolute atomic E-state index is 14.3. The van der Waals surface area contributed by atoms with Crippen LogP contribution >= 0.6 is 0 Å².